The number of nitrogens with one attached hydrogen (secondary N) is 2. The molecule has 2 N–H and O–H groups in total. The van der Waals surface area contributed by atoms with Gasteiger partial charge in [0, 0.05) is 32.6 Å². The highest BCUT2D eigenvalue weighted by Gasteiger charge is 2.23. The Kier molecular flexibility index (Phi) is 9.48. The fourth-order valence-electron chi connectivity index (χ4n) is 4.43. The van der Waals surface area contributed by atoms with Gasteiger partial charge in [-0.1, -0.05) is 36.8 Å². The Labute approximate surface area is 182 Å². The number of carbonyl (C=O) groups excluding carboxylic acids is 1. The molecule has 166 valence electrons. The summed E-state index contributed by atoms with van der Waals surface area (Å²) >= 11 is 0. The van der Waals surface area contributed by atoms with Gasteiger partial charge in [-0.25, -0.2) is 0 Å². The molecular formula is C24H39N5O. The molecule has 6 nitrogen and oxygen atoms in total. The first-order chi connectivity index (χ1) is 14.8. The Balaban J connectivity index is 1.52. The number of guanidine groups is 1. The lowest BCUT2D eigenvalue weighted by atomic mass is 10.1. The maximum Gasteiger partial charge on any atom is 0.222 e. The predicted molar refractivity (Wildman–Crippen MR) is 124 cm³/mol. The Morgan fingerprint density at radius 2 is 1.80 bits per heavy atom. The molecule has 1 unspecified atom stereocenters. The van der Waals surface area contributed by atoms with E-state index in [-0.39, 0.29) is 0 Å². The number of hydrogen-bond acceptors (Lipinski definition) is 3. The van der Waals surface area contributed by atoms with Gasteiger partial charge in [-0.15, -0.1) is 0 Å². The zero-order chi connectivity index (χ0) is 21.0. The number of rotatable bonds is 9. The van der Waals surface area contributed by atoms with Crippen molar-refractivity contribution in [1.29, 1.82) is 0 Å². The van der Waals surface area contributed by atoms with Crippen molar-refractivity contribution in [1.82, 2.24) is 20.4 Å². The summed E-state index contributed by atoms with van der Waals surface area (Å²) in [6, 6.07) is 11.1. The summed E-state index contributed by atoms with van der Waals surface area (Å²) in [5, 5.41) is 6.85. The third kappa shape index (κ3) is 7.01. The molecule has 2 heterocycles. The highest BCUT2D eigenvalue weighted by molar-refractivity contribution is 5.79. The second-order valence-electron chi connectivity index (χ2n) is 8.36. The van der Waals surface area contributed by atoms with Crippen molar-refractivity contribution in [2.75, 3.05) is 45.8 Å². The molecule has 0 bridgehead atoms. The summed E-state index contributed by atoms with van der Waals surface area (Å²) in [6.07, 6.45) is 7.59. The molecule has 2 saturated heterocycles. The van der Waals surface area contributed by atoms with Gasteiger partial charge in [-0.05, 0) is 57.7 Å². The molecule has 2 aliphatic rings. The van der Waals surface area contributed by atoms with Gasteiger partial charge in [0.2, 0.25) is 5.91 Å². The van der Waals surface area contributed by atoms with Crippen molar-refractivity contribution in [2.45, 2.75) is 57.9 Å². The van der Waals surface area contributed by atoms with Crippen LogP contribution in [-0.4, -0.2) is 67.5 Å². The summed E-state index contributed by atoms with van der Waals surface area (Å²) in [5.41, 5.74) is 1.35. The largest absolute Gasteiger partial charge is 0.357 e. The zero-order valence-corrected chi connectivity index (χ0v) is 18.6. The minimum Gasteiger partial charge on any atom is -0.357 e. The number of aliphatic imine (C=N–C) groups is 1. The van der Waals surface area contributed by atoms with Crippen LogP contribution in [0.5, 0.6) is 0 Å². The van der Waals surface area contributed by atoms with E-state index in [0.29, 0.717) is 11.9 Å². The normalized spacial score (nSPS) is 19.6. The molecule has 0 saturated carbocycles. The van der Waals surface area contributed by atoms with Gasteiger partial charge >= 0.3 is 0 Å². The molecule has 2 aliphatic heterocycles. The highest BCUT2D eigenvalue weighted by atomic mass is 16.2. The smallest absolute Gasteiger partial charge is 0.222 e. The second-order valence-corrected chi connectivity index (χ2v) is 8.36. The van der Waals surface area contributed by atoms with E-state index in [1.807, 2.05) is 4.90 Å². The predicted octanol–water partition coefficient (Wildman–Crippen LogP) is 3.17. The monoisotopic (exact) mass is 413 g/mol. The number of likely N-dealkylation sites (tertiary alicyclic amines) is 2. The average Bonchev–Trinajstić information content (AvgIpc) is 3.22. The molecule has 30 heavy (non-hydrogen) atoms. The summed E-state index contributed by atoms with van der Waals surface area (Å²) in [6.45, 7) is 8.59. The van der Waals surface area contributed by atoms with Gasteiger partial charge in [-0.2, -0.15) is 0 Å². The van der Waals surface area contributed by atoms with E-state index in [4.69, 9.17) is 4.99 Å². The van der Waals surface area contributed by atoms with E-state index >= 15 is 0 Å². The number of carbonyl (C=O) groups is 1. The minimum absolute atomic E-state index is 0.324. The third-order valence-corrected chi connectivity index (χ3v) is 6.10. The number of nitrogens with zero attached hydrogens (tertiary/aromatic N) is 3. The topological polar surface area (TPSA) is 60.0 Å². The first kappa shape index (κ1) is 22.6. The van der Waals surface area contributed by atoms with Crippen molar-refractivity contribution in [3.05, 3.63) is 35.9 Å². The molecule has 3 rings (SSSR count). The van der Waals surface area contributed by atoms with Gasteiger partial charge in [0.15, 0.2) is 5.96 Å². The van der Waals surface area contributed by atoms with Gasteiger partial charge in [-0.3, -0.25) is 14.7 Å². The molecule has 0 aliphatic carbocycles. The Morgan fingerprint density at radius 1 is 1.03 bits per heavy atom. The maximum atomic E-state index is 12.1. The van der Waals surface area contributed by atoms with E-state index in [2.05, 4.69) is 52.8 Å². The minimum atomic E-state index is 0.324. The zero-order valence-electron chi connectivity index (χ0n) is 18.6. The lowest BCUT2D eigenvalue weighted by Gasteiger charge is -2.27. The Hall–Kier alpha value is -2.08. The molecule has 1 amide bonds. The van der Waals surface area contributed by atoms with Crippen molar-refractivity contribution in [3.63, 3.8) is 0 Å². The molecule has 0 radical (unpaired) electrons. The Morgan fingerprint density at radius 3 is 2.57 bits per heavy atom. The molecule has 0 aromatic heterocycles. The number of benzene rings is 1. The van der Waals surface area contributed by atoms with E-state index in [1.54, 1.807) is 0 Å². The van der Waals surface area contributed by atoms with Crippen LogP contribution in [0.25, 0.3) is 0 Å². The van der Waals surface area contributed by atoms with Crippen LogP contribution >= 0.6 is 0 Å². The number of hydrogen-bond donors (Lipinski definition) is 2. The van der Waals surface area contributed by atoms with Gasteiger partial charge in [0.25, 0.3) is 0 Å². The maximum absolute atomic E-state index is 12.1. The average molecular weight is 414 g/mol. The highest BCUT2D eigenvalue weighted by Crippen LogP contribution is 2.25. The van der Waals surface area contributed by atoms with Gasteiger partial charge in [0.05, 0.1) is 12.6 Å². The Bertz CT molecular complexity index is 657. The van der Waals surface area contributed by atoms with Crippen LogP contribution in [0, 0.1) is 0 Å². The lowest BCUT2D eigenvalue weighted by molar-refractivity contribution is -0.130. The molecule has 6 heteroatoms. The van der Waals surface area contributed by atoms with Crippen LogP contribution in [0.15, 0.2) is 35.3 Å². The van der Waals surface area contributed by atoms with Crippen LogP contribution in [-0.2, 0) is 4.79 Å². The fourth-order valence-corrected chi connectivity index (χ4v) is 4.43. The molecule has 1 aromatic carbocycles. The van der Waals surface area contributed by atoms with Crippen molar-refractivity contribution in [3.8, 4) is 0 Å². The van der Waals surface area contributed by atoms with Crippen molar-refractivity contribution in [2.24, 2.45) is 4.99 Å². The first-order valence-corrected chi connectivity index (χ1v) is 11.9. The van der Waals surface area contributed by atoms with Crippen molar-refractivity contribution < 1.29 is 4.79 Å². The third-order valence-electron chi connectivity index (χ3n) is 6.10. The van der Waals surface area contributed by atoms with Crippen molar-refractivity contribution >= 4 is 11.9 Å². The van der Waals surface area contributed by atoms with Gasteiger partial charge in [0.1, 0.15) is 0 Å². The summed E-state index contributed by atoms with van der Waals surface area (Å²) in [5.74, 6) is 1.20. The summed E-state index contributed by atoms with van der Waals surface area (Å²) in [7, 11) is 0. The summed E-state index contributed by atoms with van der Waals surface area (Å²) < 4.78 is 0. The van der Waals surface area contributed by atoms with Crippen LogP contribution in [0.1, 0.15) is 63.5 Å². The lowest BCUT2D eigenvalue weighted by Crippen LogP contribution is -2.40. The van der Waals surface area contributed by atoms with Crippen LogP contribution in [0.3, 0.4) is 0 Å². The first-order valence-electron chi connectivity index (χ1n) is 11.9. The fraction of sp³-hybridized carbons (Fsp3) is 0.667. The van der Waals surface area contributed by atoms with E-state index in [0.717, 1.165) is 77.5 Å². The van der Waals surface area contributed by atoms with E-state index < -0.39 is 0 Å². The van der Waals surface area contributed by atoms with Crippen LogP contribution in [0.4, 0.5) is 0 Å². The van der Waals surface area contributed by atoms with Gasteiger partial charge < -0.3 is 15.5 Å². The standard InChI is InChI=1S/C24H39N5O/c1-2-25-24(26-15-11-19-29-18-8-4-7-14-23(29)30)27-20-22(28-16-9-10-17-28)21-12-5-3-6-13-21/h3,5-6,12-13,22H,2,4,7-11,14-20H2,1H3,(H2,25,26,27). The summed E-state index contributed by atoms with van der Waals surface area (Å²) in [4.78, 5) is 21.7. The molecule has 1 atom stereocenters. The molecule has 2 fully saturated rings. The van der Waals surface area contributed by atoms with E-state index in [9.17, 15) is 4.79 Å². The molecule has 1 aromatic rings. The number of amides is 1. The quantitative estimate of drug-likeness (QED) is 0.371. The molecular weight excluding hydrogens is 374 g/mol. The van der Waals surface area contributed by atoms with Crippen LogP contribution in [0.2, 0.25) is 0 Å². The molecule has 0 spiro atoms. The van der Waals surface area contributed by atoms with E-state index in [1.165, 1.54) is 24.8 Å². The second kappa shape index (κ2) is 12.6. The van der Waals surface area contributed by atoms with Crippen LogP contribution < -0.4 is 10.6 Å². The SMILES string of the molecule is CCNC(=NCC(c1ccccc1)N1CCCC1)NCCCN1CCCCCC1=O.